The second-order valence-electron chi connectivity index (χ2n) is 1.76. The fraction of sp³-hybridized carbons (Fsp3) is 0.143. The maximum atomic E-state index is 12.3. The van der Waals surface area contributed by atoms with E-state index in [0.717, 1.165) is 0 Å². The average molecular weight is 166 g/mol. The molecule has 0 radical (unpaired) electrons. The summed E-state index contributed by atoms with van der Waals surface area (Å²) in [6.07, 6.45) is -4.87. The van der Waals surface area contributed by atoms with E-state index in [1.165, 1.54) is 0 Å². The zero-order valence-corrected chi connectivity index (χ0v) is 5.12. The highest BCUT2D eigenvalue weighted by Gasteiger charge is 2.30. The number of rotatable bonds is 1. The number of hydrogen-bond acceptors (Lipinski definition) is 1. The van der Waals surface area contributed by atoms with Crippen LogP contribution in [0.1, 0.15) is 9.68 Å². The van der Waals surface area contributed by atoms with E-state index in [1.54, 1.807) is 0 Å². The Morgan fingerprint density at radius 1 is 1.45 bits per heavy atom. The van der Waals surface area contributed by atoms with Gasteiger partial charge in [-0.3, -0.25) is 0 Å². The van der Waals surface area contributed by atoms with Crippen molar-refractivity contribution >= 4 is 0 Å². The molecule has 1 N–H and O–H groups in total. The number of aromatic hydroxyl groups is 1. The summed E-state index contributed by atoms with van der Waals surface area (Å²) in [6.45, 7) is 0. The third-order valence-corrected chi connectivity index (χ3v) is 0.942. The first-order valence-electron chi connectivity index (χ1n) is 4.51. The molecule has 0 atom stereocenters. The first-order chi connectivity index (χ1) is 6.79. The molecule has 0 unspecified atom stereocenters. The van der Waals surface area contributed by atoms with Gasteiger partial charge in [0.15, 0.2) is 0 Å². The molecule has 1 rings (SSSR count). The van der Waals surface area contributed by atoms with Gasteiger partial charge in [0.2, 0.25) is 0 Å². The van der Waals surface area contributed by atoms with E-state index in [2.05, 4.69) is 5.11 Å². The quantitative estimate of drug-likeness (QED) is 0.679. The van der Waals surface area contributed by atoms with Gasteiger partial charge in [-0.05, 0) is 18.1 Å². The smallest absolute Gasteiger partial charge is 0.416 e. The molecule has 0 saturated carbocycles. The van der Waals surface area contributed by atoms with Crippen molar-refractivity contribution in [3.63, 3.8) is 0 Å². The number of phenolic OH excluding ortho intramolecular Hbond substituents is 1. The lowest BCUT2D eigenvalue weighted by molar-refractivity contribution is -0.137. The van der Waals surface area contributed by atoms with Crippen molar-refractivity contribution < 1.29 is 22.4 Å². The van der Waals surface area contributed by atoms with Crippen LogP contribution in [0.2, 0.25) is 0 Å². The van der Waals surface area contributed by atoms with Crippen molar-refractivity contribution in [2.45, 2.75) is 6.18 Å². The summed E-state index contributed by atoms with van der Waals surface area (Å²) in [7, 11) is 0. The molecule has 1 aromatic rings. The van der Waals surface area contributed by atoms with Gasteiger partial charge in [-0.2, -0.15) is 13.2 Å². The molecule has 0 aromatic heterocycles. The summed E-state index contributed by atoms with van der Waals surface area (Å²) in [4.78, 5) is 0. The molecular weight excluding hydrogens is 157 g/mol. The summed E-state index contributed by atoms with van der Waals surface area (Å²) in [5.41, 5.74) is -1.50. The monoisotopic (exact) mass is 166 g/mol. The van der Waals surface area contributed by atoms with Crippen molar-refractivity contribution in [2.75, 3.05) is 0 Å². The highest BCUT2D eigenvalue weighted by atomic mass is 19.4. The summed E-state index contributed by atoms with van der Waals surface area (Å²) in [5.74, 6) is -0.807. The molecule has 0 aliphatic heterocycles. The molecule has 0 fully saturated rings. The number of benzene rings is 1. The molecule has 0 heterocycles. The molecule has 0 amide bonds. The summed E-state index contributed by atoms with van der Waals surface area (Å²) in [5, 5.41) is 3.76. The normalized spacial score (nSPS) is 16.3. The number of hydrogen-bond donors (Lipinski definition) is 1. The summed E-state index contributed by atoms with van der Waals surface area (Å²) < 4.78 is 64.6. The average Bonchev–Trinajstić information content (AvgIpc) is 2.00. The van der Waals surface area contributed by atoms with Gasteiger partial charge >= 0.3 is 6.18 Å². The van der Waals surface area contributed by atoms with Crippen molar-refractivity contribution in [1.82, 2.24) is 0 Å². The van der Waals surface area contributed by atoms with Crippen LogP contribution in [0.3, 0.4) is 0 Å². The van der Waals surface area contributed by atoms with Gasteiger partial charge in [-0.15, -0.1) is 0 Å². The van der Waals surface area contributed by atoms with Gasteiger partial charge in [-0.25, -0.2) is 0 Å². The predicted molar refractivity (Wildman–Crippen MR) is 33.1 cm³/mol. The Morgan fingerprint density at radius 2 is 2.18 bits per heavy atom. The lowest BCUT2D eigenvalue weighted by Crippen LogP contribution is -2.03. The SMILES string of the molecule is [2H]Oc1c([2H])cc([2H])c(C(F)(F)F)c1[2H]. The van der Waals surface area contributed by atoms with Gasteiger partial charge in [0.25, 0.3) is 1.43 Å². The molecule has 1 nitrogen and oxygen atoms in total. The maximum Gasteiger partial charge on any atom is 0.416 e. The highest BCUT2D eigenvalue weighted by Crippen LogP contribution is 2.30. The van der Waals surface area contributed by atoms with Crippen molar-refractivity contribution in [3.8, 4) is 5.75 Å². The second-order valence-corrected chi connectivity index (χ2v) is 1.76. The Bertz CT molecular complexity index is 391. The second kappa shape index (κ2) is 2.45. The predicted octanol–water partition coefficient (Wildman–Crippen LogP) is 2.41. The molecule has 0 bridgehead atoms. The Labute approximate surface area is 66.8 Å². The van der Waals surface area contributed by atoms with Crippen LogP contribution >= 0.6 is 0 Å². The Kier molecular flexibility index (Phi) is 0.889. The topological polar surface area (TPSA) is 20.2 Å². The van der Waals surface area contributed by atoms with Crippen LogP contribution in [-0.4, -0.2) is 6.54 Å². The van der Waals surface area contributed by atoms with Crippen LogP contribution in [0.15, 0.2) is 24.2 Å². The van der Waals surface area contributed by atoms with E-state index >= 15 is 0 Å². The molecule has 0 saturated heterocycles. The van der Waals surface area contributed by atoms with E-state index in [1.807, 2.05) is 0 Å². The van der Waals surface area contributed by atoms with Crippen LogP contribution in [0, 0.1) is 0 Å². The molecule has 60 valence electrons. The molecule has 4 heteroatoms. The number of alkyl halides is 3. The van der Waals surface area contributed by atoms with Crippen LogP contribution in [0.4, 0.5) is 13.2 Å². The summed E-state index contributed by atoms with van der Waals surface area (Å²) >= 11 is 0. The zero-order valence-electron chi connectivity index (χ0n) is 9.12. The largest absolute Gasteiger partial charge is 0.508 e. The molecule has 11 heavy (non-hydrogen) atoms. The molecular formula is C7H5F3O. The lowest BCUT2D eigenvalue weighted by Gasteiger charge is -2.05. The fourth-order valence-electron chi connectivity index (χ4n) is 0.512. The van der Waals surface area contributed by atoms with Crippen molar-refractivity contribution in [1.29, 1.82) is 1.43 Å². The third-order valence-electron chi connectivity index (χ3n) is 0.942. The Hall–Kier alpha value is -1.19. The Balaban J connectivity index is 3.53. The molecule has 0 aliphatic rings. The van der Waals surface area contributed by atoms with Crippen LogP contribution in [-0.2, 0) is 6.18 Å². The minimum atomic E-state index is -4.87. The molecule has 1 aromatic carbocycles. The zero-order chi connectivity index (χ0) is 11.8. The first kappa shape index (κ1) is 3.99. The van der Waals surface area contributed by atoms with Gasteiger partial charge in [0.05, 0.1) is 9.68 Å². The number of phenols is 1. The minimum Gasteiger partial charge on any atom is -0.508 e. The van der Waals surface area contributed by atoms with Gasteiger partial charge in [-0.1, -0.05) is 6.07 Å². The Morgan fingerprint density at radius 3 is 2.73 bits per heavy atom. The standard InChI is InChI=1S/C7H5F3O/c8-7(9,10)5-2-1-3-6(11)4-5/h1-4,11H/i2D,3D,4D/hD. The highest BCUT2D eigenvalue weighted by molar-refractivity contribution is 5.28. The van der Waals surface area contributed by atoms with E-state index in [4.69, 9.17) is 5.54 Å². The fourth-order valence-corrected chi connectivity index (χ4v) is 0.512. The maximum absolute atomic E-state index is 12.3. The minimum absolute atomic E-state index is 0.588. The first-order valence-corrected chi connectivity index (χ1v) is 2.60. The van der Waals surface area contributed by atoms with Crippen molar-refractivity contribution in [3.05, 3.63) is 29.8 Å². The molecule has 0 spiro atoms. The molecule has 0 aliphatic carbocycles. The van der Waals surface area contributed by atoms with E-state index in [-0.39, 0.29) is 0 Å². The van der Waals surface area contributed by atoms with E-state index in [9.17, 15) is 13.2 Å². The van der Waals surface area contributed by atoms with E-state index < -0.39 is 35.6 Å². The summed E-state index contributed by atoms with van der Waals surface area (Å²) in [6, 6.07) is -2.13. The lowest BCUT2D eigenvalue weighted by atomic mass is 10.2. The number of halogens is 3. The third kappa shape index (κ3) is 1.86. The van der Waals surface area contributed by atoms with E-state index in [0.29, 0.717) is 6.07 Å². The van der Waals surface area contributed by atoms with Gasteiger partial charge in [0, 0.05) is 0 Å². The van der Waals surface area contributed by atoms with Crippen LogP contribution < -0.4 is 0 Å². The van der Waals surface area contributed by atoms with Gasteiger partial charge < -0.3 is 5.11 Å². The van der Waals surface area contributed by atoms with Gasteiger partial charge in [0.1, 0.15) is 5.75 Å². The van der Waals surface area contributed by atoms with Crippen LogP contribution in [0.5, 0.6) is 5.75 Å². The van der Waals surface area contributed by atoms with Crippen molar-refractivity contribution in [2.24, 2.45) is 0 Å². The van der Waals surface area contributed by atoms with Crippen LogP contribution in [0.25, 0.3) is 0 Å².